The fourth-order valence-electron chi connectivity index (χ4n) is 2.89. The van der Waals surface area contributed by atoms with Gasteiger partial charge in [-0.1, -0.05) is 61.8 Å². The molecule has 0 aromatic carbocycles. The van der Waals surface area contributed by atoms with Gasteiger partial charge in [-0.05, 0) is 99.4 Å². The molecule has 0 rings (SSSR count). The van der Waals surface area contributed by atoms with Crippen LogP contribution in [0.15, 0.2) is 47.2 Å². The number of hydrogen-bond donors (Lipinski definition) is 0. The molecular formula is C28H54N2. The molecule has 0 fully saturated rings. The van der Waals surface area contributed by atoms with Crippen LogP contribution in [0.25, 0.3) is 0 Å². The summed E-state index contributed by atoms with van der Waals surface area (Å²) in [6.07, 6.45) is 16.4. The second-order valence-corrected chi connectivity index (χ2v) is 8.76. The molecule has 1 atom stereocenters. The molecule has 30 heavy (non-hydrogen) atoms. The molecule has 0 saturated heterocycles. The molecule has 0 aliphatic rings. The Kier molecular flexibility index (Phi) is 21.6. The van der Waals surface area contributed by atoms with E-state index in [0.29, 0.717) is 5.92 Å². The molecule has 0 bridgehead atoms. The molecule has 0 N–H and O–H groups in total. The first-order valence-electron chi connectivity index (χ1n) is 12.3. The van der Waals surface area contributed by atoms with Gasteiger partial charge in [0, 0.05) is 19.6 Å². The van der Waals surface area contributed by atoms with Crippen molar-refractivity contribution in [3.8, 4) is 0 Å². The second kappa shape index (κ2) is 21.0. The summed E-state index contributed by atoms with van der Waals surface area (Å²) in [5.74, 6) is 0.682. The van der Waals surface area contributed by atoms with Gasteiger partial charge in [0.05, 0.1) is 0 Å². The third kappa shape index (κ3) is 21.4. The molecule has 1 unspecified atom stereocenters. The van der Waals surface area contributed by atoms with Crippen molar-refractivity contribution >= 4 is 0 Å². The molecule has 2 heteroatoms. The van der Waals surface area contributed by atoms with Crippen molar-refractivity contribution in [2.45, 2.75) is 94.9 Å². The highest BCUT2D eigenvalue weighted by Crippen LogP contribution is 2.10. The van der Waals surface area contributed by atoms with Crippen LogP contribution in [0.2, 0.25) is 0 Å². The minimum atomic E-state index is 0.682. The van der Waals surface area contributed by atoms with E-state index in [2.05, 4.69) is 110 Å². The van der Waals surface area contributed by atoms with Crippen LogP contribution in [0.3, 0.4) is 0 Å². The smallest absolute Gasteiger partial charge is 0.0165 e. The molecule has 2 nitrogen and oxygen atoms in total. The zero-order chi connectivity index (χ0) is 23.4. The molecule has 0 radical (unpaired) electrons. The van der Waals surface area contributed by atoms with Crippen LogP contribution in [0.4, 0.5) is 0 Å². The van der Waals surface area contributed by atoms with Gasteiger partial charge < -0.3 is 9.80 Å². The number of hydrogen-bond acceptors (Lipinski definition) is 2. The summed E-state index contributed by atoms with van der Waals surface area (Å²) in [6, 6.07) is 0. The maximum atomic E-state index is 2.43. The Bertz CT molecular complexity index is 495. The van der Waals surface area contributed by atoms with E-state index in [-0.39, 0.29) is 0 Å². The van der Waals surface area contributed by atoms with Crippen LogP contribution < -0.4 is 0 Å². The maximum absolute atomic E-state index is 2.43. The number of likely N-dealkylation sites (N-methyl/N-ethyl adjacent to an activating group) is 1. The van der Waals surface area contributed by atoms with E-state index in [1.165, 1.54) is 42.4 Å². The first kappa shape index (κ1) is 30.9. The fraction of sp³-hybridized carbons (Fsp3) is 0.714. The number of allylic oxidation sites excluding steroid dienone is 6. The van der Waals surface area contributed by atoms with Gasteiger partial charge in [-0.2, -0.15) is 0 Å². The normalized spacial score (nSPS) is 12.4. The van der Waals surface area contributed by atoms with Crippen molar-refractivity contribution in [2.24, 2.45) is 5.92 Å². The molecule has 0 aliphatic carbocycles. The van der Waals surface area contributed by atoms with Crippen molar-refractivity contribution in [2.75, 3.05) is 32.7 Å². The van der Waals surface area contributed by atoms with Gasteiger partial charge >= 0.3 is 0 Å². The van der Waals surface area contributed by atoms with E-state index in [0.717, 1.165) is 32.7 Å². The molecule has 0 heterocycles. The summed E-state index contributed by atoms with van der Waals surface area (Å²) in [5, 5.41) is 0. The summed E-state index contributed by atoms with van der Waals surface area (Å²) < 4.78 is 0. The van der Waals surface area contributed by atoms with Crippen LogP contribution in [-0.4, -0.2) is 42.5 Å². The van der Waals surface area contributed by atoms with Gasteiger partial charge in [-0.25, -0.2) is 0 Å². The Morgan fingerprint density at radius 3 is 1.73 bits per heavy atom. The number of rotatable bonds is 14. The molecular weight excluding hydrogens is 364 g/mol. The Labute approximate surface area is 190 Å². The van der Waals surface area contributed by atoms with Gasteiger partial charge in [0.15, 0.2) is 0 Å². The third-order valence-electron chi connectivity index (χ3n) is 5.30. The van der Waals surface area contributed by atoms with Crippen LogP contribution in [0.1, 0.15) is 94.9 Å². The van der Waals surface area contributed by atoms with E-state index < -0.39 is 0 Å². The van der Waals surface area contributed by atoms with E-state index >= 15 is 0 Å². The average molecular weight is 419 g/mol. The minimum Gasteiger partial charge on any atom is -0.378 e. The zero-order valence-electron chi connectivity index (χ0n) is 22.2. The van der Waals surface area contributed by atoms with Gasteiger partial charge in [-0.15, -0.1) is 0 Å². The van der Waals surface area contributed by atoms with Crippen LogP contribution in [0.5, 0.6) is 0 Å². The highest BCUT2D eigenvalue weighted by molar-refractivity contribution is 5.03. The standard InChI is InChI=1S/2C14H27N/c2*1-6-15(7-2)12-11-14(5)10-8-9-13(3)4/h9,11H,6-8,10,12H2,1-5H3;9,11-12,14H,6-8,10H2,1-5H3/b14-11+;12-11+. The van der Waals surface area contributed by atoms with Crippen molar-refractivity contribution in [3.05, 3.63) is 47.2 Å². The molecule has 0 aromatic rings. The SMILES string of the molecule is CCN(/C=C/C(C)CCC=C(C)C)CC.CCN(CC)C/C=C(\C)CCC=C(C)C. The molecule has 0 aromatic heterocycles. The molecule has 176 valence electrons. The van der Waals surface area contributed by atoms with Gasteiger partial charge in [0.1, 0.15) is 0 Å². The lowest BCUT2D eigenvalue weighted by molar-refractivity contribution is 0.336. The topological polar surface area (TPSA) is 6.48 Å². The van der Waals surface area contributed by atoms with Gasteiger partial charge in [0.25, 0.3) is 0 Å². The molecule has 0 spiro atoms. The van der Waals surface area contributed by atoms with Gasteiger partial charge in [-0.3, -0.25) is 0 Å². The highest BCUT2D eigenvalue weighted by Gasteiger charge is 1.97. The monoisotopic (exact) mass is 418 g/mol. The largest absolute Gasteiger partial charge is 0.378 e. The quantitative estimate of drug-likeness (QED) is 0.262. The van der Waals surface area contributed by atoms with E-state index in [1.807, 2.05) is 0 Å². The molecule has 0 saturated carbocycles. The maximum Gasteiger partial charge on any atom is 0.0165 e. The summed E-state index contributed by atoms with van der Waals surface area (Å²) in [6.45, 7) is 27.6. The lowest BCUT2D eigenvalue weighted by atomic mass is 10.0. The number of nitrogens with zero attached hydrogens (tertiary/aromatic N) is 2. The van der Waals surface area contributed by atoms with E-state index in [1.54, 1.807) is 0 Å². The van der Waals surface area contributed by atoms with Crippen LogP contribution >= 0.6 is 0 Å². The summed E-state index contributed by atoms with van der Waals surface area (Å²) >= 11 is 0. The summed E-state index contributed by atoms with van der Waals surface area (Å²) in [4.78, 5) is 4.77. The molecule has 0 amide bonds. The van der Waals surface area contributed by atoms with Crippen molar-refractivity contribution in [1.82, 2.24) is 9.80 Å². The zero-order valence-corrected chi connectivity index (χ0v) is 22.2. The Balaban J connectivity index is 0. The molecule has 0 aliphatic heterocycles. The summed E-state index contributed by atoms with van der Waals surface area (Å²) in [5.41, 5.74) is 4.36. The van der Waals surface area contributed by atoms with Crippen molar-refractivity contribution < 1.29 is 0 Å². The van der Waals surface area contributed by atoms with Crippen LogP contribution in [-0.2, 0) is 0 Å². The average Bonchev–Trinajstić information content (AvgIpc) is 2.69. The fourth-order valence-corrected chi connectivity index (χ4v) is 2.89. The van der Waals surface area contributed by atoms with E-state index in [4.69, 9.17) is 0 Å². The Hall–Kier alpha value is -1.28. The van der Waals surface area contributed by atoms with Crippen molar-refractivity contribution in [3.63, 3.8) is 0 Å². The predicted molar refractivity (Wildman–Crippen MR) is 140 cm³/mol. The predicted octanol–water partition coefficient (Wildman–Crippen LogP) is 8.25. The van der Waals surface area contributed by atoms with Gasteiger partial charge in [0.2, 0.25) is 0 Å². The Morgan fingerprint density at radius 2 is 1.27 bits per heavy atom. The van der Waals surface area contributed by atoms with E-state index in [9.17, 15) is 0 Å². The summed E-state index contributed by atoms with van der Waals surface area (Å²) in [7, 11) is 0. The minimum absolute atomic E-state index is 0.682. The van der Waals surface area contributed by atoms with Crippen LogP contribution in [0, 0.1) is 5.92 Å². The lowest BCUT2D eigenvalue weighted by Crippen LogP contribution is -2.22. The first-order chi connectivity index (χ1) is 14.2. The Morgan fingerprint density at radius 1 is 0.733 bits per heavy atom. The lowest BCUT2D eigenvalue weighted by Gasteiger charge is -2.15. The second-order valence-electron chi connectivity index (χ2n) is 8.76. The highest BCUT2D eigenvalue weighted by atomic mass is 15.1. The first-order valence-corrected chi connectivity index (χ1v) is 12.3. The third-order valence-corrected chi connectivity index (χ3v) is 5.30. The van der Waals surface area contributed by atoms with Crippen molar-refractivity contribution in [1.29, 1.82) is 0 Å².